The summed E-state index contributed by atoms with van der Waals surface area (Å²) in [6, 6.07) is 7.85. The van der Waals surface area contributed by atoms with Gasteiger partial charge in [-0.2, -0.15) is 0 Å². The molecule has 1 heterocycles. The van der Waals surface area contributed by atoms with E-state index in [1.807, 2.05) is 24.3 Å². The molecule has 1 aromatic rings. The van der Waals surface area contributed by atoms with Gasteiger partial charge in [-0.15, -0.1) is 0 Å². The van der Waals surface area contributed by atoms with Crippen LogP contribution < -0.4 is 22.1 Å². The van der Waals surface area contributed by atoms with Crippen molar-refractivity contribution in [2.75, 3.05) is 0 Å². The lowest BCUT2D eigenvalue weighted by Gasteiger charge is -2.09. The molecule has 16 heavy (non-hydrogen) atoms. The lowest BCUT2D eigenvalue weighted by Crippen LogP contribution is -2.45. The molecule has 1 aliphatic rings. The lowest BCUT2D eigenvalue weighted by atomic mass is 10.0. The summed E-state index contributed by atoms with van der Waals surface area (Å²) >= 11 is 3.38. The smallest absolute Gasteiger partial charge is 0.252 e. The molecule has 2 rings (SSSR count). The molecule has 0 spiro atoms. The lowest BCUT2D eigenvalue weighted by molar-refractivity contribution is -0.122. The van der Waals surface area contributed by atoms with Gasteiger partial charge in [0, 0.05) is 10.5 Å². The maximum absolute atomic E-state index is 11.3. The average molecular weight is 285 g/mol. The normalized spacial score (nSPS) is 24.4. The highest BCUT2D eigenvalue weighted by atomic mass is 79.9. The van der Waals surface area contributed by atoms with Gasteiger partial charge >= 0.3 is 0 Å². The molecule has 1 amide bonds. The van der Waals surface area contributed by atoms with Gasteiger partial charge in [0.15, 0.2) is 0 Å². The summed E-state index contributed by atoms with van der Waals surface area (Å²) in [5.74, 6) is 4.88. The van der Waals surface area contributed by atoms with Crippen molar-refractivity contribution in [2.45, 2.75) is 18.5 Å². The Morgan fingerprint density at radius 2 is 2.06 bits per heavy atom. The maximum atomic E-state index is 11.3. The average Bonchev–Trinajstić information content (AvgIpc) is 2.78. The zero-order chi connectivity index (χ0) is 11.5. The van der Waals surface area contributed by atoms with E-state index in [9.17, 15) is 4.79 Å². The molecule has 1 aromatic carbocycles. The molecule has 5 N–H and O–H groups in total. The van der Waals surface area contributed by atoms with Crippen molar-refractivity contribution < 1.29 is 4.79 Å². The van der Waals surface area contributed by atoms with Crippen LogP contribution in [0.1, 0.15) is 18.0 Å². The highest BCUT2D eigenvalue weighted by Crippen LogP contribution is 2.23. The number of hydrazine groups is 2. The standard InChI is InChI=1S/C10H13BrN4O/c11-7-3-1-6(2-4-7)8-5-9(15-14-8)10(16)13-12/h1-4,8-9,14-15H,5,12H2,(H,13,16). The Morgan fingerprint density at radius 3 is 2.69 bits per heavy atom. The van der Waals surface area contributed by atoms with Crippen molar-refractivity contribution in [1.29, 1.82) is 0 Å². The van der Waals surface area contributed by atoms with Crippen LogP contribution in [0, 0.1) is 0 Å². The number of carbonyl (C=O) groups excluding carboxylic acids is 1. The van der Waals surface area contributed by atoms with Crippen molar-refractivity contribution in [3.8, 4) is 0 Å². The Bertz CT molecular complexity index is 381. The van der Waals surface area contributed by atoms with Crippen LogP contribution in [-0.4, -0.2) is 11.9 Å². The fourth-order valence-electron chi connectivity index (χ4n) is 1.74. The Kier molecular flexibility index (Phi) is 3.55. The summed E-state index contributed by atoms with van der Waals surface area (Å²) in [4.78, 5) is 11.3. The third-order valence-corrected chi connectivity index (χ3v) is 3.16. The number of hydrogen-bond acceptors (Lipinski definition) is 4. The largest absolute Gasteiger partial charge is 0.293 e. The number of benzene rings is 1. The summed E-state index contributed by atoms with van der Waals surface area (Å²) < 4.78 is 1.04. The van der Waals surface area contributed by atoms with E-state index >= 15 is 0 Å². The van der Waals surface area contributed by atoms with Crippen LogP contribution in [-0.2, 0) is 4.79 Å². The first-order valence-electron chi connectivity index (χ1n) is 4.97. The Hall–Kier alpha value is -0.950. The molecule has 1 saturated heterocycles. The van der Waals surface area contributed by atoms with E-state index in [1.54, 1.807) is 0 Å². The van der Waals surface area contributed by atoms with Crippen molar-refractivity contribution in [1.82, 2.24) is 16.3 Å². The van der Waals surface area contributed by atoms with Crippen LogP contribution in [0.25, 0.3) is 0 Å². The molecule has 0 bridgehead atoms. The number of rotatable bonds is 2. The topological polar surface area (TPSA) is 79.2 Å². The first-order chi connectivity index (χ1) is 7.70. The molecular formula is C10H13BrN4O. The molecule has 0 saturated carbocycles. The molecular weight excluding hydrogens is 272 g/mol. The second kappa shape index (κ2) is 4.92. The van der Waals surface area contributed by atoms with Crippen LogP contribution in [0.3, 0.4) is 0 Å². The zero-order valence-electron chi connectivity index (χ0n) is 8.53. The van der Waals surface area contributed by atoms with Gasteiger partial charge < -0.3 is 0 Å². The molecule has 0 radical (unpaired) electrons. The Balaban J connectivity index is 2.03. The van der Waals surface area contributed by atoms with Gasteiger partial charge in [-0.25, -0.2) is 16.7 Å². The van der Waals surface area contributed by atoms with Gasteiger partial charge in [0.2, 0.25) is 0 Å². The summed E-state index contributed by atoms with van der Waals surface area (Å²) in [5, 5.41) is 0. The van der Waals surface area contributed by atoms with Crippen LogP contribution in [0.2, 0.25) is 0 Å². The number of halogens is 1. The number of nitrogens with one attached hydrogen (secondary N) is 3. The molecule has 86 valence electrons. The number of carbonyl (C=O) groups is 1. The molecule has 6 heteroatoms. The maximum Gasteiger partial charge on any atom is 0.252 e. The Labute approximate surface area is 102 Å². The second-order valence-electron chi connectivity index (χ2n) is 3.69. The zero-order valence-corrected chi connectivity index (χ0v) is 10.1. The predicted molar refractivity (Wildman–Crippen MR) is 63.9 cm³/mol. The van der Waals surface area contributed by atoms with E-state index in [-0.39, 0.29) is 18.0 Å². The third-order valence-electron chi connectivity index (χ3n) is 2.63. The van der Waals surface area contributed by atoms with Crippen molar-refractivity contribution in [2.24, 2.45) is 5.84 Å². The molecule has 0 aliphatic carbocycles. The van der Waals surface area contributed by atoms with Gasteiger partial charge in [-0.05, 0) is 24.1 Å². The summed E-state index contributed by atoms with van der Waals surface area (Å²) in [5.41, 5.74) is 9.27. The van der Waals surface area contributed by atoms with Gasteiger partial charge in [0.05, 0.1) is 0 Å². The second-order valence-corrected chi connectivity index (χ2v) is 4.61. The fourth-order valence-corrected chi connectivity index (χ4v) is 2.01. The van der Waals surface area contributed by atoms with Crippen LogP contribution in [0.15, 0.2) is 28.7 Å². The van der Waals surface area contributed by atoms with E-state index in [4.69, 9.17) is 5.84 Å². The van der Waals surface area contributed by atoms with E-state index in [1.165, 1.54) is 0 Å². The van der Waals surface area contributed by atoms with Crippen LogP contribution >= 0.6 is 15.9 Å². The monoisotopic (exact) mass is 284 g/mol. The van der Waals surface area contributed by atoms with E-state index < -0.39 is 0 Å². The first-order valence-corrected chi connectivity index (χ1v) is 5.77. The van der Waals surface area contributed by atoms with Crippen molar-refractivity contribution in [3.63, 3.8) is 0 Å². The quantitative estimate of drug-likeness (QED) is 0.359. The minimum atomic E-state index is -0.279. The number of amides is 1. The van der Waals surface area contributed by atoms with Gasteiger partial charge in [0.1, 0.15) is 6.04 Å². The Morgan fingerprint density at radius 1 is 1.38 bits per heavy atom. The van der Waals surface area contributed by atoms with Gasteiger partial charge in [-0.3, -0.25) is 10.2 Å². The first kappa shape index (κ1) is 11.5. The van der Waals surface area contributed by atoms with E-state index in [2.05, 4.69) is 32.2 Å². The van der Waals surface area contributed by atoms with Crippen LogP contribution in [0.4, 0.5) is 0 Å². The minimum Gasteiger partial charge on any atom is -0.293 e. The molecule has 5 nitrogen and oxygen atoms in total. The summed E-state index contributed by atoms with van der Waals surface area (Å²) in [6.07, 6.45) is 0.685. The number of hydrogen-bond donors (Lipinski definition) is 4. The predicted octanol–water partition coefficient (Wildman–Crippen LogP) is 0.347. The molecule has 2 atom stereocenters. The van der Waals surface area contributed by atoms with Crippen LogP contribution in [0.5, 0.6) is 0 Å². The summed E-state index contributed by atoms with van der Waals surface area (Å²) in [7, 11) is 0. The van der Waals surface area contributed by atoms with Crippen molar-refractivity contribution >= 4 is 21.8 Å². The van der Waals surface area contributed by atoms with E-state index in [0.29, 0.717) is 6.42 Å². The molecule has 1 fully saturated rings. The molecule has 0 aromatic heterocycles. The molecule has 1 aliphatic heterocycles. The van der Waals surface area contributed by atoms with Crippen molar-refractivity contribution in [3.05, 3.63) is 34.3 Å². The minimum absolute atomic E-state index is 0.135. The van der Waals surface area contributed by atoms with Gasteiger partial charge in [-0.1, -0.05) is 28.1 Å². The van der Waals surface area contributed by atoms with Gasteiger partial charge in [0.25, 0.3) is 5.91 Å². The summed E-state index contributed by atoms with van der Waals surface area (Å²) in [6.45, 7) is 0. The molecule has 2 unspecified atom stereocenters. The highest BCUT2D eigenvalue weighted by molar-refractivity contribution is 9.10. The third kappa shape index (κ3) is 2.41. The van der Waals surface area contributed by atoms with E-state index in [0.717, 1.165) is 10.0 Å². The highest BCUT2D eigenvalue weighted by Gasteiger charge is 2.29. The SMILES string of the molecule is NNC(=O)C1CC(c2ccc(Br)cc2)NN1. The fraction of sp³-hybridized carbons (Fsp3) is 0.300. The number of nitrogens with two attached hydrogens (primary N) is 1.